The molecule has 2 heterocycles. The van der Waals surface area contributed by atoms with Crippen LogP contribution in [-0.4, -0.2) is 76.5 Å². The molecule has 0 bridgehead atoms. The zero-order valence-corrected chi connectivity index (χ0v) is 12.8. The quantitative estimate of drug-likeness (QED) is 0.594. The first-order valence-electron chi connectivity index (χ1n) is 6.41. The fourth-order valence-corrected chi connectivity index (χ4v) is 7.24. The van der Waals surface area contributed by atoms with Crippen LogP contribution in [0.1, 0.15) is 6.42 Å². The zero-order chi connectivity index (χ0) is 15.0. The number of sulfone groups is 1. The van der Waals surface area contributed by atoms with Crippen LogP contribution in [0, 0.1) is 0 Å². The Morgan fingerprint density at radius 3 is 2.65 bits per heavy atom. The van der Waals surface area contributed by atoms with Crippen LogP contribution >= 0.6 is 0 Å². The van der Waals surface area contributed by atoms with Gasteiger partial charge in [0.1, 0.15) is 6.04 Å². The summed E-state index contributed by atoms with van der Waals surface area (Å²) in [7, 11) is -5.62. The minimum atomic E-state index is -3.78. The lowest BCUT2D eigenvalue weighted by Gasteiger charge is -2.35. The van der Waals surface area contributed by atoms with Crippen LogP contribution in [0.3, 0.4) is 0 Å². The van der Waals surface area contributed by atoms with Crippen LogP contribution in [0.15, 0.2) is 0 Å². The first-order chi connectivity index (χ1) is 9.28. The third-order valence-electron chi connectivity index (χ3n) is 3.68. The second kappa shape index (κ2) is 5.58. The lowest BCUT2D eigenvalue weighted by Crippen LogP contribution is -2.60. The molecule has 0 saturated carbocycles. The molecule has 2 saturated heterocycles. The summed E-state index contributed by atoms with van der Waals surface area (Å²) in [6, 6.07) is -0.818. The van der Waals surface area contributed by atoms with Crippen molar-refractivity contribution >= 4 is 25.8 Å². The number of piperazine rings is 1. The van der Waals surface area contributed by atoms with E-state index in [1.54, 1.807) is 0 Å². The van der Waals surface area contributed by atoms with E-state index < -0.39 is 31.2 Å². The van der Waals surface area contributed by atoms with E-state index in [0.717, 1.165) is 4.31 Å². The van der Waals surface area contributed by atoms with E-state index in [-0.39, 0.29) is 36.9 Å². The van der Waals surface area contributed by atoms with Crippen LogP contribution in [0.2, 0.25) is 0 Å². The maximum absolute atomic E-state index is 12.6. The minimum Gasteiger partial charge on any atom is -0.358 e. The highest BCUT2D eigenvalue weighted by Crippen LogP contribution is 2.24. The van der Waals surface area contributed by atoms with E-state index in [1.165, 1.54) is 7.05 Å². The molecule has 2 rings (SSSR count). The molecule has 116 valence electrons. The number of nitrogens with zero attached hydrogens (tertiary/aromatic N) is 1. The van der Waals surface area contributed by atoms with Crippen molar-refractivity contribution in [2.45, 2.75) is 17.7 Å². The number of hydrogen-bond acceptors (Lipinski definition) is 6. The Hall–Kier alpha value is -0.710. The van der Waals surface area contributed by atoms with E-state index in [0.29, 0.717) is 6.54 Å². The number of amides is 1. The Kier molecular flexibility index (Phi) is 4.38. The molecule has 2 fully saturated rings. The Bertz CT molecular complexity index is 586. The highest BCUT2D eigenvalue weighted by Gasteiger charge is 2.44. The second-order valence-electron chi connectivity index (χ2n) is 5.01. The number of carbonyl (C=O) groups excluding carboxylic acids is 1. The summed E-state index contributed by atoms with van der Waals surface area (Å²) in [5.74, 6) is -0.838. The van der Waals surface area contributed by atoms with Crippen molar-refractivity contribution in [2.24, 2.45) is 0 Å². The van der Waals surface area contributed by atoms with Crippen molar-refractivity contribution in [3.05, 3.63) is 0 Å². The monoisotopic (exact) mass is 325 g/mol. The maximum Gasteiger partial charge on any atom is 0.239 e. The summed E-state index contributed by atoms with van der Waals surface area (Å²) in [6.07, 6.45) is 0.106. The van der Waals surface area contributed by atoms with Crippen molar-refractivity contribution < 1.29 is 21.6 Å². The van der Waals surface area contributed by atoms with Gasteiger partial charge < -0.3 is 10.6 Å². The van der Waals surface area contributed by atoms with Gasteiger partial charge in [-0.3, -0.25) is 4.79 Å². The standard InChI is InChI=1S/C10H19N3O5S2/c1-11-10(14)9-6-12-3-4-13(9)20(17,18)8-2-5-19(15,16)7-8/h8-9,12H,2-7H2,1H3,(H,11,14). The van der Waals surface area contributed by atoms with Gasteiger partial charge in [0.25, 0.3) is 0 Å². The third-order valence-corrected chi connectivity index (χ3v) is 8.00. The van der Waals surface area contributed by atoms with E-state index in [2.05, 4.69) is 10.6 Å². The summed E-state index contributed by atoms with van der Waals surface area (Å²) < 4.78 is 49.2. The maximum atomic E-state index is 12.6. The Morgan fingerprint density at radius 1 is 1.40 bits per heavy atom. The molecule has 0 spiro atoms. The van der Waals surface area contributed by atoms with Crippen molar-refractivity contribution in [1.29, 1.82) is 0 Å². The molecule has 0 aromatic rings. The molecule has 0 aromatic heterocycles. The van der Waals surface area contributed by atoms with Gasteiger partial charge >= 0.3 is 0 Å². The topological polar surface area (TPSA) is 113 Å². The lowest BCUT2D eigenvalue weighted by molar-refractivity contribution is -0.124. The third kappa shape index (κ3) is 2.97. The molecular weight excluding hydrogens is 306 g/mol. The molecule has 0 aliphatic carbocycles. The highest BCUT2D eigenvalue weighted by atomic mass is 32.2. The molecule has 2 aliphatic rings. The van der Waals surface area contributed by atoms with Gasteiger partial charge in [0.05, 0.1) is 16.8 Å². The molecule has 1 amide bonds. The molecular formula is C10H19N3O5S2. The molecule has 0 radical (unpaired) electrons. The SMILES string of the molecule is CNC(=O)C1CNCCN1S(=O)(=O)C1CCS(=O)(=O)C1. The first-order valence-corrected chi connectivity index (χ1v) is 9.74. The second-order valence-corrected chi connectivity index (χ2v) is 9.41. The summed E-state index contributed by atoms with van der Waals surface area (Å²) >= 11 is 0. The normalized spacial score (nSPS) is 31.1. The van der Waals surface area contributed by atoms with Crippen molar-refractivity contribution in [3.8, 4) is 0 Å². The van der Waals surface area contributed by atoms with Crippen LogP contribution in [0.25, 0.3) is 0 Å². The van der Waals surface area contributed by atoms with Gasteiger partial charge in [-0.05, 0) is 6.42 Å². The van der Waals surface area contributed by atoms with Crippen molar-refractivity contribution in [2.75, 3.05) is 38.2 Å². The number of nitrogens with one attached hydrogen (secondary N) is 2. The Balaban J connectivity index is 2.25. The molecule has 8 nitrogen and oxygen atoms in total. The van der Waals surface area contributed by atoms with Gasteiger partial charge in [-0.15, -0.1) is 0 Å². The van der Waals surface area contributed by atoms with E-state index in [4.69, 9.17) is 0 Å². The number of carbonyl (C=O) groups is 1. The lowest BCUT2D eigenvalue weighted by atomic mass is 10.2. The average molecular weight is 325 g/mol. The van der Waals surface area contributed by atoms with Crippen molar-refractivity contribution in [1.82, 2.24) is 14.9 Å². The molecule has 2 atom stereocenters. The number of hydrogen-bond donors (Lipinski definition) is 2. The van der Waals surface area contributed by atoms with Gasteiger partial charge in [0.2, 0.25) is 15.9 Å². The van der Waals surface area contributed by atoms with Gasteiger partial charge in [-0.2, -0.15) is 4.31 Å². The number of likely N-dealkylation sites (N-methyl/N-ethyl adjacent to an activating group) is 1. The van der Waals surface area contributed by atoms with Crippen LogP contribution in [0.5, 0.6) is 0 Å². The van der Waals surface area contributed by atoms with Gasteiger partial charge in [-0.1, -0.05) is 0 Å². The minimum absolute atomic E-state index is 0.104. The molecule has 10 heteroatoms. The summed E-state index contributed by atoms with van der Waals surface area (Å²) in [5.41, 5.74) is 0. The largest absolute Gasteiger partial charge is 0.358 e. The van der Waals surface area contributed by atoms with Gasteiger partial charge in [-0.25, -0.2) is 16.8 Å². The fourth-order valence-electron chi connectivity index (χ4n) is 2.57. The average Bonchev–Trinajstić information content (AvgIpc) is 2.79. The molecule has 2 N–H and O–H groups in total. The fraction of sp³-hybridized carbons (Fsp3) is 0.900. The predicted molar refractivity (Wildman–Crippen MR) is 73.4 cm³/mol. The Labute approximate surface area is 118 Å². The van der Waals surface area contributed by atoms with E-state index in [9.17, 15) is 21.6 Å². The summed E-state index contributed by atoms with van der Waals surface area (Å²) in [5, 5.41) is 4.48. The Morgan fingerprint density at radius 2 is 2.10 bits per heavy atom. The summed E-state index contributed by atoms with van der Waals surface area (Å²) in [6.45, 7) is 0.863. The predicted octanol–water partition coefficient (Wildman–Crippen LogP) is -2.48. The molecule has 20 heavy (non-hydrogen) atoms. The molecule has 2 unspecified atom stereocenters. The highest BCUT2D eigenvalue weighted by molar-refractivity contribution is 7.95. The smallest absolute Gasteiger partial charge is 0.239 e. The van der Waals surface area contributed by atoms with Gasteiger partial charge in [0, 0.05) is 26.7 Å². The van der Waals surface area contributed by atoms with E-state index in [1.807, 2.05) is 0 Å². The first kappa shape index (κ1) is 15.7. The number of sulfonamides is 1. The van der Waals surface area contributed by atoms with Gasteiger partial charge in [0.15, 0.2) is 9.84 Å². The van der Waals surface area contributed by atoms with Crippen LogP contribution in [-0.2, 0) is 24.7 Å². The summed E-state index contributed by atoms with van der Waals surface area (Å²) in [4.78, 5) is 11.8. The van der Waals surface area contributed by atoms with E-state index >= 15 is 0 Å². The molecule has 2 aliphatic heterocycles. The van der Waals surface area contributed by atoms with Crippen molar-refractivity contribution in [3.63, 3.8) is 0 Å². The number of rotatable bonds is 3. The van der Waals surface area contributed by atoms with Crippen LogP contribution < -0.4 is 10.6 Å². The van der Waals surface area contributed by atoms with Crippen LogP contribution in [0.4, 0.5) is 0 Å². The zero-order valence-electron chi connectivity index (χ0n) is 11.2. The molecule has 0 aromatic carbocycles.